The van der Waals surface area contributed by atoms with Crippen LogP contribution >= 0.6 is 11.8 Å². The van der Waals surface area contributed by atoms with Crippen LogP contribution in [0.3, 0.4) is 0 Å². The number of benzene rings is 2. The summed E-state index contributed by atoms with van der Waals surface area (Å²) in [5.41, 5.74) is 2.25. The van der Waals surface area contributed by atoms with Gasteiger partial charge in [-0.2, -0.15) is 0 Å². The van der Waals surface area contributed by atoms with Gasteiger partial charge in [0.25, 0.3) is 0 Å². The highest BCUT2D eigenvalue weighted by atomic mass is 32.2. The largest absolute Gasteiger partial charge is 0.491 e. The first-order valence-electron chi connectivity index (χ1n) is 8.01. The molecule has 1 unspecified atom stereocenters. The van der Waals surface area contributed by atoms with E-state index in [4.69, 9.17) is 4.74 Å². The van der Waals surface area contributed by atoms with Gasteiger partial charge in [0.1, 0.15) is 12.4 Å². The quantitative estimate of drug-likeness (QED) is 0.626. The van der Waals surface area contributed by atoms with Crippen molar-refractivity contribution in [2.75, 3.05) is 12.4 Å². The predicted molar refractivity (Wildman–Crippen MR) is 96.8 cm³/mol. The van der Waals surface area contributed by atoms with Crippen molar-refractivity contribution in [2.45, 2.75) is 24.7 Å². The number of aliphatic hydroxyl groups excluding tert-OH is 1. The Bertz CT molecular complexity index is 795. The van der Waals surface area contributed by atoms with Gasteiger partial charge in [-0.25, -0.2) is 4.68 Å². The number of aliphatic hydroxyl groups is 1. The lowest BCUT2D eigenvalue weighted by atomic mass is 10.2. The summed E-state index contributed by atoms with van der Waals surface area (Å²) in [6.07, 6.45) is -0.604. The van der Waals surface area contributed by atoms with E-state index >= 15 is 0 Å². The summed E-state index contributed by atoms with van der Waals surface area (Å²) in [7, 11) is 0. The van der Waals surface area contributed by atoms with Crippen molar-refractivity contribution in [3.05, 3.63) is 65.7 Å². The van der Waals surface area contributed by atoms with E-state index in [1.165, 1.54) is 11.8 Å². The molecule has 0 saturated carbocycles. The van der Waals surface area contributed by atoms with E-state index in [1.54, 1.807) is 4.68 Å². The van der Waals surface area contributed by atoms with E-state index in [-0.39, 0.29) is 6.61 Å². The van der Waals surface area contributed by atoms with E-state index in [0.29, 0.717) is 17.5 Å². The van der Waals surface area contributed by atoms with E-state index < -0.39 is 6.10 Å². The minimum Gasteiger partial charge on any atom is -0.491 e. The Labute approximate surface area is 150 Å². The molecule has 1 heterocycles. The van der Waals surface area contributed by atoms with Gasteiger partial charge in [0.05, 0.1) is 12.6 Å². The van der Waals surface area contributed by atoms with E-state index in [0.717, 1.165) is 16.9 Å². The summed E-state index contributed by atoms with van der Waals surface area (Å²) < 4.78 is 7.35. The zero-order valence-corrected chi connectivity index (χ0v) is 14.8. The highest BCUT2D eigenvalue weighted by molar-refractivity contribution is 7.99. The molecule has 0 saturated heterocycles. The van der Waals surface area contributed by atoms with Crippen LogP contribution in [0, 0.1) is 6.92 Å². The molecule has 1 aromatic heterocycles. The molecule has 7 heteroatoms. The molecular formula is C18H20N4O2S. The number of rotatable bonds is 8. The Hall–Kier alpha value is -2.38. The monoisotopic (exact) mass is 356 g/mol. The van der Waals surface area contributed by atoms with Crippen LogP contribution in [0.25, 0.3) is 0 Å². The zero-order chi connectivity index (χ0) is 17.5. The smallest absolute Gasteiger partial charge is 0.209 e. The third-order valence-electron chi connectivity index (χ3n) is 3.51. The molecule has 6 nitrogen and oxygen atoms in total. The molecule has 3 aromatic rings. The number of hydrogen-bond acceptors (Lipinski definition) is 6. The average molecular weight is 356 g/mol. The number of aromatic nitrogens is 4. The molecule has 0 spiro atoms. The van der Waals surface area contributed by atoms with Gasteiger partial charge in [0.2, 0.25) is 5.16 Å². The minimum atomic E-state index is -0.604. The first kappa shape index (κ1) is 17.4. The normalized spacial score (nSPS) is 12.1. The molecule has 3 rings (SSSR count). The molecule has 130 valence electrons. The molecule has 1 atom stereocenters. The summed E-state index contributed by atoms with van der Waals surface area (Å²) in [5.74, 6) is 1.22. The van der Waals surface area contributed by atoms with E-state index in [2.05, 4.69) is 15.5 Å². The SMILES string of the molecule is Cc1cccc(OCC(O)CSc2nnnn2Cc2ccccc2)c1. The fraction of sp³-hybridized carbons (Fsp3) is 0.278. The molecule has 0 aliphatic heterocycles. The molecule has 0 amide bonds. The van der Waals surface area contributed by atoms with Gasteiger partial charge in [0.15, 0.2) is 0 Å². The van der Waals surface area contributed by atoms with Gasteiger partial charge in [-0.1, -0.05) is 54.2 Å². The van der Waals surface area contributed by atoms with Gasteiger partial charge in [-0.3, -0.25) is 0 Å². The van der Waals surface area contributed by atoms with Crippen LogP contribution in [0.4, 0.5) is 0 Å². The van der Waals surface area contributed by atoms with Crippen LogP contribution in [0.5, 0.6) is 5.75 Å². The van der Waals surface area contributed by atoms with Gasteiger partial charge >= 0.3 is 0 Å². The topological polar surface area (TPSA) is 73.1 Å². The molecule has 0 bridgehead atoms. The first-order chi connectivity index (χ1) is 12.2. The Morgan fingerprint density at radius 2 is 2.00 bits per heavy atom. The van der Waals surface area contributed by atoms with Crippen molar-refractivity contribution >= 4 is 11.8 Å². The third kappa shape index (κ3) is 5.30. The van der Waals surface area contributed by atoms with Crippen molar-refractivity contribution in [1.82, 2.24) is 20.2 Å². The lowest BCUT2D eigenvalue weighted by molar-refractivity contribution is 0.126. The van der Waals surface area contributed by atoms with Crippen molar-refractivity contribution in [1.29, 1.82) is 0 Å². The van der Waals surface area contributed by atoms with Gasteiger partial charge in [-0.05, 0) is 40.6 Å². The molecular weight excluding hydrogens is 336 g/mol. The summed E-state index contributed by atoms with van der Waals surface area (Å²) in [4.78, 5) is 0. The van der Waals surface area contributed by atoms with Crippen LogP contribution in [0.15, 0.2) is 59.8 Å². The van der Waals surface area contributed by atoms with E-state index in [9.17, 15) is 5.11 Å². The second-order valence-corrected chi connectivity index (χ2v) is 6.68. The Morgan fingerprint density at radius 1 is 1.16 bits per heavy atom. The van der Waals surface area contributed by atoms with Crippen molar-refractivity contribution in [2.24, 2.45) is 0 Å². The maximum Gasteiger partial charge on any atom is 0.209 e. The number of hydrogen-bond donors (Lipinski definition) is 1. The lowest BCUT2D eigenvalue weighted by Gasteiger charge is -2.12. The Morgan fingerprint density at radius 3 is 2.80 bits per heavy atom. The van der Waals surface area contributed by atoms with Crippen LogP contribution in [-0.4, -0.2) is 43.8 Å². The molecule has 0 radical (unpaired) electrons. The standard InChI is InChI=1S/C18H20N4O2S/c1-14-6-5-9-17(10-14)24-12-16(23)13-25-18-19-20-21-22(18)11-15-7-3-2-4-8-15/h2-10,16,23H,11-13H2,1H3. The van der Waals surface area contributed by atoms with Crippen molar-refractivity contribution in [3.63, 3.8) is 0 Å². The van der Waals surface area contributed by atoms with Crippen LogP contribution in [0.2, 0.25) is 0 Å². The highest BCUT2D eigenvalue weighted by Crippen LogP contribution is 2.17. The van der Waals surface area contributed by atoms with Crippen LogP contribution in [-0.2, 0) is 6.54 Å². The number of nitrogens with zero attached hydrogens (tertiary/aromatic N) is 4. The second kappa shape index (κ2) is 8.64. The van der Waals surface area contributed by atoms with Gasteiger partial charge < -0.3 is 9.84 Å². The number of ether oxygens (including phenoxy) is 1. The van der Waals surface area contributed by atoms with Crippen LogP contribution < -0.4 is 4.74 Å². The zero-order valence-electron chi connectivity index (χ0n) is 13.9. The van der Waals surface area contributed by atoms with Crippen LogP contribution in [0.1, 0.15) is 11.1 Å². The number of aryl methyl sites for hydroxylation is 1. The fourth-order valence-corrected chi connectivity index (χ4v) is 3.05. The molecule has 0 aliphatic carbocycles. The molecule has 1 N–H and O–H groups in total. The predicted octanol–water partition coefficient (Wildman–Crippen LogP) is 2.56. The Kier molecular flexibility index (Phi) is 6.03. The molecule has 0 aliphatic rings. The Balaban J connectivity index is 1.49. The maximum absolute atomic E-state index is 10.1. The summed E-state index contributed by atoms with van der Waals surface area (Å²) in [6, 6.07) is 17.8. The van der Waals surface area contributed by atoms with Crippen molar-refractivity contribution in [3.8, 4) is 5.75 Å². The first-order valence-corrected chi connectivity index (χ1v) is 8.99. The third-order valence-corrected chi connectivity index (χ3v) is 4.61. The molecule has 25 heavy (non-hydrogen) atoms. The lowest BCUT2D eigenvalue weighted by Crippen LogP contribution is -2.20. The number of thioether (sulfide) groups is 1. The summed E-state index contributed by atoms with van der Waals surface area (Å²) >= 11 is 1.42. The average Bonchev–Trinajstić information content (AvgIpc) is 3.06. The summed E-state index contributed by atoms with van der Waals surface area (Å²) in [6.45, 7) is 2.84. The van der Waals surface area contributed by atoms with E-state index in [1.807, 2.05) is 61.5 Å². The highest BCUT2D eigenvalue weighted by Gasteiger charge is 2.12. The maximum atomic E-state index is 10.1. The van der Waals surface area contributed by atoms with Gasteiger partial charge in [-0.15, -0.1) is 5.10 Å². The molecule has 2 aromatic carbocycles. The van der Waals surface area contributed by atoms with Crippen molar-refractivity contribution < 1.29 is 9.84 Å². The number of tetrazole rings is 1. The fourth-order valence-electron chi connectivity index (χ4n) is 2.27. The van der Waals surface area contributed by atoms with Gasteiger partial charge in [0, 0.05) is 5.75 Å². The summed E-state index contributed by atoms with van der Waals surface area (Å²) in [5, 5.41) is 22.6. The second-order valence-electron chi connectivity index (χ2n) is 5.70. The minimum absolute atomic E-state index is 0.233. The molecule has 0 fully saturated rings.